The third-order valence-corrected chi connectivity index (χ3v) is 1.89. The van der Waals surface area contributed by atoms with Crippen LogP contribution < -0.4 is 4.74 Å². The molecule has 0 radical (unpaired) electrons. The molecule has 0 heterocycles. The Morgan fingerprint density at radius 3 is 2.53 bits per heavy atom. The van der Waals surface area contributed by atoms with Gasteiger partial charge in [0.25, 0.3) is 0 Å². The van der Waals surface area contributed by atoms with Crippen molar-refractivity contribution in [3.05, 3.63) is 23.8 Å². The third kappa shape index (κ3) is 2.60. The van der Waals surface area contributed by atoms with Crippen molar-refractivity contribution in [2.45, 2.75) is 6.10 Å². The molecule has 5 heteroatoms. The molecule has 0 aliphatic carbocycles. The van der Waals surface area contributed by atoms with Crippen molar-refractivity contribution in [2.24, 2.45) is 0 Å². The first kappa shape index (κ1) is 11.3. The van der Waals surface area contributed by atoms with Gasteiger partial charge in [0.2, 0.25) is 0 Å². The fourth-order valence-corrected chi connectivity index (χ4v) is 1.13. The number of methoxy groups -OCH3 is 2. The van der Waals surface area contributed by atoms with Crippen molar-refractivity contribution < 1.29 is 24.5 Å². The first-order valence-electron chi connectivity index (χ1n) is 4.22. The van der Waals surface area contributed by atoms with Crippen molar-refractivity contribution in [3.8, 4) is 11.5 Å². The Bertz CT molecular complexity index is 361. The molecule has 1 unspecified atom stereocenters. The van der Waals surface area contributed by atoms with E-state index in [1.54, 1.807) is 0 Å². The molecule has 0 aliphatic heterocycles. The van der Waals surface area contributed by atoms with Crippen LogP contribution in [-0.4, -0.2) is 30.4 Å². The number of phenols is 1. The monoisotopic (exact) mass is 212 g/mol. The summed E-state index contributed by atoms with van der Waals surface area (Å²) in [5.41, 5.74) is 0.221. The average molecular weight is 212 g/mol. The first-order valence-corrected chi connectivity index (χ1v) is 4.22. The lowest BCUT2D eigenvalue weighted by Gasteiger charge is -2.10. The average Bonchev–Trinajstić information content (AvgIpc) is 2.26. The molecule has 1 rings (SSSR count). The summed E-state index contributed by atoms with van der Waals surface area (Å²) in [6.45, 7) is 0. The number of aromatic hydroxyl groups is 1. The summed E-state index contributed by atoms with van der Waals surface area (Å²) in [5.74, 6) is -0.525. The Balaban J connectivity index is 3.03. The maximum Gasteiger partial charge on any atom is 0.339 e. The molecule has 1 aromatic carbocycles. The van der Waals surface area contributed by atoms with Crippen LogP contribution in [0.3, 0.4) is 0 Å². The highest BCUT2D eigenvalue weighted by atomic mass is 16.5. The van der Waals surface area contributed by atoms with Gasteiger partial charge >= 0.3 is 5.97 Å². The molecule has 1 aromatic rings. The van der Waals surface area contributed by atoms with Gasteiger partial charge < -0.3 is 19.7 Å². The van der Waals surface area contributed by atoms with E-state index < -0.39 is 12.1 Å². The van der Waals surface area contributed by atoms with Crippen LogP contribution in [-0.2, 0) is 9.53 Å². The number of esters is 1. The summed E-state index contributed by atoms with van der Waals surface area (Å²) in [4.78, 5) is 11.0. The number of aliphatic hydroxyl groups excluding tert-OH is 1. The number of aliphatic hydroxyl groups is 1. The molecule has 1 atom stereocenters. The Morgan fingerprint density at radius 1 is 1.33 bits per heavy atom. The lowest BCUT2D eigenvalue weighted by molar-refractivity contribution is -0.150. The van der Waals surface area contributed by atoms with E-state index in [-0.39, 0.29) is 11.3 Å². The largest absolute Gasteiger partial charge is 0.508 e. The second-order valence-corrected chi connectivity index (χ2v) is 2.89. The van der Waals surface area contributed by atoms with Gasteiger partial charge in [0.1, 0.15) is 11.5 Å². The van der Waals surface area contributed by atoms with E-state index in [1.165, 1.54) is 32.4 Å². The SMILES string of the molecule is COC(=O)C(O)c1cc(O)cc(OC)c1. The van der Waals surface area contributed by atoms with Gasteiger partial charge in [-0.15, -0.1) is 0 Å². The molecular formula is C10H12O5. The summed E-state index contributed by atoms with van der Waals surface area (Å²) in [6.07, 6.45) is -1.42. The number of rotatable bonds is 3. The van der Waals surface area contributed by atoms with E-state index in [2.05, 4.69) is 4.74 Å². The minimum atomic E-state index is -1.42. The van der Waals surface area contributed by atoms with Crippen LogP contribution in [0.4, 0.5) is 0 Å². The van der Waals surface area contributed by atoms with Crippen molar-refractivity contribution in [1.29, 1.82) is 0 Å². The summed E-state index contributed by atoms with van der Waals surface area (Å²) in [6, 6.07) is 4.08. The van der Waals surface area contributed by atoms with Crippen LogP contribution >= 0.6 is 0 Å². The number of benzene rings is 1. The summed E-state index contributed by atoms with van der Waals surface area (Å²) >= 11 is 0. The molecule has 0 spiro atoms. The highest BCUT2D eigenvalue weighted by molar-refractivity contribution is 5.76. The van der Waals surface area contributed by atoms with Gasteiger partial charge in [-0.25, -0.2) is 4.79 Å². The highest BCUT2D eigenvalue weighted by Gasteiger charge is 2.19. The Hall–Kier alpha value is -1.75. The van der Waals surface area contributed by atoms with Crippen LogP contribution in [0.5, 0.6) is 11.5 Å². The lowest BCUT2D eigenvalue weighted by Crippen LogP contribution is -2.13. The van der Waals surface area contributed by atoms with Crippen LogP contribution in [0, 0.1) is 0 Å². The van der Waals surface area contributed by atoms with E-state index in [1.807, 2.05) is 0 Å². The standard InChI is InChI=1S/C10H12O5/c1-14-8-4-6(3-7(11)5-8)9(12)10(13)15-2/h3-5,9,11-12H,1-2H3. The van der Waals surface area contributed by atoms with Gasteiger partial charge in [-0.05, 0) is 17.7 Å². The van der Waals surface area contributed by atoms with Crippen molar-refractivity contribution in [3.63, 3.8) is 0 Å². The number of phenolic OH excluding ortho intramolecular Hbond substituents is 1. The normalized spacial score (nSPS) is 11.9. The molecule has 2 N–H and O–H groups in total. The van der Waals surface area contributed by atoms with Gasteiger partial charge in [-0.2, -0.15) is 0 Å². The zero-order valence-electron chi connectivity index (χ0n) is 8.43. The molecule has 82 valence electrons. The van der Waals surface area contributed by atoms with Gasteiger partial charge in [0.15, 0.2) is 6.10 Å². The van der Waals surface area contributed by atoms with Gasteiger partial charge in [-0.1, -0.05) is 0 Å². The Kier molecular flexibility index (Phi) is 3.51. The molecule has 0 aliphatic rings. The number of carbonyl (C=O) groups excluding carboxylic acids is 1. The van der Waals surface area contributed by atoms with E-state index >= 15 is 0 Å². The number of hydrogen-bond donors (Lipinski definition) is 2. The van der Waals surface area contributed by atoms with Gasteiger partial charge in [0.05, 0.1) is 14.2 Å². The highest BCUT2D eigenvalue weighted by Crippen LogP contribution is 2.26. The van der Waals surface area contributed by atoms with Gasteiger partial charge in [0, 0.05) is 6.07 Å². The van der Waals surface area contributed by atoms with Crippen molar-refractivity contribution in [1.82, 2.24) is 0 Å². The predicted octanol–water partition coefficient (Wildman–Crippen LogP) is 0.607. The molecule has 5 nitrogen and oxygen atoms in total. The third-order valence-electron chi connectivity index (χ3n) is 1.89. The zero-order valence-corrected chi connectivity index (χ0v) is 8.43. The first-order chi connectivity index (χ1) is 7.08. The molecule has 0 bridgehead atoms. The molecule has 0 fully saturated rings. The van der Waals surface area contributed by atoms with Gasteiger partial charge in [-0.3, -0.25) is 0 Å². The Morgan fingerprint density at radius 2 is 2.00 bits per heavy atom. The fraction of sp³-hybridized carbons (Fsp3) is 0.300. The molecule has 0 saturated carbocycles. The molecular weight excluding hydrogens is 200 g/mol. The molecule has 0 amide bonds. The fourth-order valence-electron chi connectivity index (χ4n) is 1.13. The van der Waals surface area contributed by atoms with E-state index in [0.29, 0.717) is 5.75 Å². The zero-order chi connectivity index (χ0) is 11.4. The summed E-state index contributed by atoms with van der Waals surface area (Å²) < 4.78 is 9.24. The Labute approximate surface area is 86.9 Å². The number of carbonyl (C=O) groups is 1. The van der Waals surface area contributed by atoms with Crippen molar-refractivity contribution >= 4 is 5.97 Å². The smallest absolute Gasteiger partial charge is 0.339 e. The van der Waals surface area contributed by atoms with Crippen LogP contribution in [0.2, 0.25) is 0 Å². The second-order valence-electron chi connectivity index (χ2n) is 2.89. The van der Waals surface area contributed by atoms with E-state index in [4.69, 9.17) is 4.74 Å². The number of hydrogen-bond acceptors (Lipinski definition) is 5. The number of ether oxygens (including phenoxy) is 2. The quantitative estimate of drug-likeness (QED) is 0.718. The minimum Gasteiger partial charge on any atom is -0.508 e. The van der Waals surface area contributed by atoms with E-state index in [0.717, 1.165) is 0 Å². The van der Waals surface area contributed by atoms with Crippen LogP contribution in [0.25, 0.3) is 0 Å². The molecule has 15 heavy (non-hydrogen) atoms. The summed E-state index contributed by atoms with van der Waals surface area (Å²) in [7, 11) is 2.59. The molecule has 0 aromatic heterocycles. The van der Waals surface area contributed by atoms with Crippen LogP contribution in [0.15, 0.2) is 18.2 Å². The van der Waals surface area contributed by atoms with Crippen LogP contribution in [0.1, 0.15) is 11.7 Å². The lowest BCUT2D eigenvalue weighted by atomic mass is 10.1. The maximum atomic E-state index is 11.0. The molecule has 0 saturated heterocycles. The predicted molar refractivity (Wildman–Crippen MR) is 51.6 cm³/mol. The van der Waals surface area contributed by atoms with Crippen molar-refractivity contribution in [2.75, 3.05) is 14.2 Å². The minimum absolute atomic E-state index is 0.0905. The van der Waals surface area contributed by atoms with E-state index in [9.17, 15) is 15.0 Å². The maximum absolute atomic E-state index is 11.0. The summed E-state index contributed by atoms with van der Waals surface area (Å²) in [5, 5.41) is 18.8. The topological polar surface area (TPSA) is 76.0 Å². The second kappa shape index (κ2) is 4.65.